The summed E-state index contributed by atoms with van der Waals surface area (Å²) in [5.41, 5.74) is 3.52. The van der Waals surface area contributed by atoms with E-state index in [1.807, 2.05) is 17.8 Å². The molecule has 0 bridgehead atoms. The van der Waals surface area contributed by atoms with Gasteiger partial charge in [-0.1, -0.05) is 6.92 Å². The van der Waals surface area contributed by atoms with E-state index >= 15 is 0 Å². The summed E-state index contributed by atoms with van der Waals surface area (Å²) in [4.78, 5) is 4.60. The molecule has 0 aliphatic heterocycles. The second-order valence-corrected chi connectivity index (χ2v) is 5.61. The van der Waals surface area contributed by atoms with E-state index in [0.717, 1.165) is 31.0 Å². The number of aryl methyl sites for hydroxylation is 1. The Hall–Kier alpha value is -1.68. The van der Waals surface area contributed by atoms with E-state index < -0.39 is 0 Å². The van der Waals surface area contributed by atoms with Crippen molar-refractivity contribution in [3.63, 3.8) is 0 Å². The Morgan fingerprint density at radius 2 is 2.20 bits per heavy atom. The van der Waals surface area contributed by atoms with Gasteiger partial charge < -0.3 is 5.32 Å². The Bertz CT molecular complexity index is 584. The molecule has 3 rings (SSSR count). The summed E-state index contributed by atoms with van der Waals surface area (Å²) in [6.45, 7) is 6.16. The summed E-state index contributed by atoms with van der Waals surface area (Å²) >= 11 is 0. The fourth-order valence-electron chi connectivity index (χ4n) is 2.41. The third kappa shape index (κ3) is 3.07. The Morgan fingerprint density at radius 3 is 2.95 bits per heavy atom. The van der Waals surface area contributed by atoms with Gasteiger partial charge in [0.2, 0.25) is 0 Å². The second-order valence-electron chi connectivity index (χ2n) is 5.61. The van der Waals surface area contributed by atoms with Gasteiger partial charge in [0.15, 0.2) is 5.82 Å². The molecule has 2 aromatic heterocycles. The number of hydrogen-bond acceptors (Lipinski definition) is 3. The zero-order valence-corrected chi connectivity index (χ0v) is 12.3. The minimum absolute atomic E-state index is 0.687. The number of nitrogens with zero attached hydrogens (tertiary/aromatic N) is 3. The lowest BCUT2D eigenvalue weighted by Gasteiger charge is -2.08. The molecule has 0 amide bonds. The number of pyridine rings is 1. The summed E-state index contributed by atoms with van der Waals surface area (Å²) in [7, 11) is 0. The van der Waals surface area contributed by atoms with E-state index in [0.29, 0.717) is 5.92 Å². The molecular weight excluding hydrogens is 248 g/mol. The van der Waals surface area contributed by atoms with Gasteiger partial charge in [0, 0.05) is 24.4 Å². The molecule has 2 aromatic rings. The van der Waals surface area contributed by atoms with Crippen molar-refractivity contribution in [2.45, 2.75) is 45.6 Å². The minimum Gasteiger partial charge on any atom is -0.313 e. The van der Waals surface area contributed by atoms with Crippen LogP contribution in [0.3, 0.4) is 0 Å². The van der Waals surface area contributed by atoms with Crippen LogP contribution < -0.4 is 5.32 Å². The average molecular weight is 270 g/mol. The van der Waals surface area contributed by atoms with Gasteiger partial charge in [-0.15, -0.1) is 0 Å². The van der Waals surface area contributed by atoms with Gasteiger partial charge in [0.1, 0.15) is 0 Å². The topological polar surface area (TPSA) is 42.7 Å². The molecule has 106 valence electrons. The van der Waals surface area contributed by atoms with Crippen LogP contribution in [-0.4, -0.2) is 21.3 Å². The highest BCUT2D eigenvalue weighted by atomic mass is 15.3. The molecule has 1 aliphatic carbocycles. The van der Waals surface area contributed by atoms with Crippen LogP contribution in [0, 0.1) is 6.92 Å². The molecule has 0 atom stereocenters. The van der Waals surface area contributed by atoms with Crippen molar-refractivity contribution in [1.82, 2.24) is 20.1 Å². The monoisotopic (exact) mass is 270 g/mol. The summed E-state index contributed by atoms with van der Waals surface area (Å²) in [6, 6.07) is 6.38. The SMILES string of the molecule is CCCNCc1cc(C)nc(-n2ccc(C3CC3)n2)c1. The van der Waals surface area contributed by atoms with E-state index in [2.05, 4.69) is 40.5 Å². The van der Waals surface area contributed by atoms with Gasteiger partial charge in [0.05, 0.1) is 5.69 Å². The first-order chi connectivity index (χ1) is 9.76. The molecule has 4 nitrogen and oxygen atoms in total. The van der Waals surface area contributed by atoms with Gasteiger partial charge in [-0.3, -0.25) is 0 Å². The lowest BCUT2D eigenvalue weighted by Crippen LogP contribution is -2.14. The zero-order valence-electron chi connectivity index (χ0n) is 12.3. The number of aromatic nitrogens is 3. The molecule has 0 unspecified atom stereocenters. The highest BCUT2D eigenvalue weighted by molar-refractivity contribution is 5.31. The number of nitrogens with one attached hydrogen (secondary N) is 1. The molecule has 0 aromatic carbocycles. The van der Waals surface area contributed by atoms with Crippen LogP contribution in [-0.2, 0) is 6.54 Å². The van der Waals surface area contributed by atoms with Gasteiger partial charge >= 0.3 is 0 Å². The first kappa shape index (κ1) is 13.3. The van der Waals surface area contributed by atoms with E-state index in [-0.39, 0.29) is 0 Å². The molecule has 0 spiro atoms. The predicted octanol–water partition coefficient (Wildman–Crippen LogP) is 2.95. The van der Waals surface area contributed by atoms with Gasteiger partial charge in [0.25, 0.3) is 0 Å². The van der Waals surface area contributed by atoms with Crippen LogP contribution in [0.2, 0.25) is 0 Å². The molecule has 2 heterocycles. The number of rotatable bonds is 6. The molecule has 1 N–H and O–H groups in total. The van der Waals surface area contributed by atoms with Crippen molar-refractivity contribution in [2.24, 2.45) is 0 Å². The van der Waals surface area contributed by atoms with Gasteiger partial charge in [-0.05, 0) is 56.5 Å². The van der Waals surface area contributed by atoms with E-state index in [1.165, 1.54) is 24.1 Å². The van der Waals surface area contributed by atoms with E-state index in [9.17, 15) is 0 Å². The molecule has 4 heteroatoms. The molecule has 20 heavy (non-hydrogen) atoms. The highest BCUT2D eigenvalue weighted by Gasteiger charge is 2.26. The summed E-state index contributed by atoms with van der Waals surface area (Å²) in [6.07, 6.45) is 5.74. The maximum absolute atomic E-state index is 4.65. The standard InChI is InChI=1S/C16H22N4/c1-3-7-17-11-13-9-12(2)18-16(10-13)20-8-6-15(19-20)14-4-5-14/h6,8-10,14,17H,3-5,7,11H2,1-2H3. The molecule has 1 saturated carbocycles. The van der Waals surface area contributed by atoms with Crippen LogP contribution in [0.1, 0.15) is 49.1 Å². The van der Waals surface area contributed by atoms with Crippen LogP contribution in [0.25, 0.3) is 5.82 Å². The fraction of sp³-hybridized carbons (Fsp3) is 0.500. The first-order valence-electron chi connectivity index (χ1n) is 7.50. The third-order valence-electron chi connectivity index (χ3n) is 3.60. The van der Waals surface area contributed by atoms with Crippen LogP contribution in [0.5, 0.6) is 0 Å². The second kappa shape index (κ2) is 5.75. The third-order valence-corrected chi connectivity index (χ3v) is 3.60. The molecule has 1 aliphatic rings. The number of hydrogen-bond donors (Lipinski definition) is 1. The maximum atomic E-state index is 4.65. The van der Waals surface area contributed by atoms with Crippen molar-refractivity contribution >= 4 is 0 Å². The Morgan fingerprint density at radius 1 is 1.35 bits per heavy atom. The highest BCUT2D eigenvalue weighted by Crippen LogP contribution is 2.38. The van der Waals surface area contributed by atoms with Crippen molar-refractivity contribution < 1.29 is 0 Å². The van der Waals surface area contributed by atoms with Crippen molar-refractivity contribution in [3.05, 3.63) is 41.3 Å². The van der Waals surface area contributed by atoms with Crippen LogP contribution in [0.15, 0.2) is 24.4 Å². The molecule has 0 radical (unpaired) electrons. The van der Waals surface area contributed by atoms with Crippen molar-refractivity contribution in [2.75, 3.05) is 6.54 Å². The molecule has 1 fully saturated rings. The Balaban J connectivity index is 1.80. The van der Waals surface area contributed by atoms with Crippen molar-refractivity contribution in [3.8, 4) is 5.82 Å². The first-order valence-corrected chi connectivity index (χ1v) is 7.50. The quantitative estimate of drug-likeness (QED) is 0.821. The largest absolute Gasteiger partial charge is 0.313 e. The molecular formula is C16H22N4. The average Bonchev–Trinajstić information content (AvgIpc) is 3.16. The summed E-state index contributed by atoms with van der Waals surface area (Å²) in [5, 5.41) is 8.09. The zero-order chi connectivity index (χ0) is 13.9. The van der Waals surface area contributed by atoms with Crippen LogP contribution in [0.4, 0.5) is 0 Å². The predicted molar refractivity (Wildman–Crippen MR) is 80.1 cm³/mol. The van der Waals surface area contributed by atoms with Gasteiger partial charge in [-0.2, -0.15) is 5.10 Å². The van der Waals surface area contributed by atoms with Crippen LogP contribution >= 0.6 is 0 Å². The van der Waals surface area contributed by atoms with Gasteiger partial charge in [-0.25, -0.2) is 9.67 Å². The summed E-state index contributed by atoms with van der Waals surface area (Å²) < 4.78 is 1.91. The smallest absolute Gasteiger partial charge is 0.153 e. The molecule has 0 saturated heterocycles. The lowest BCUT2D eigenvalue weighted by molar-refractivity contribution is 0.673. The lowest BCUT2D eigenvalue weighted by atomic mass is 10.2. The minimum atomic E-state index is 0.687. The Labute approximate surface area is 120 Å². The van der Waals surface area contributed by atoms with Crippen molar-refractivity contribution in [1.29, 1.82) is 0 Å². The normalized spacial score (nSPS) is 14.7. The van der Waals surface area contributed by atoms with E-state index in [1.54, 1.807) is 0 Å². The van der Waals surface area contributed by atoms with E-state index in [4.69, 9.17) is 0 Å². The maximum Gasteiger partial charge on any atom is 0.153 e. The Kier molecular flexibility index (Phi) is 3.83. The fourth-order valence-corrected chi connectivity index (χ4v) is 2.41. The summed E-state index contributed by atoms with van der Waals surface area (Å²) in [5.74, 6) is 1.61.